The number of benzene rings is 2. The quantitative estimate of drug-likeness (QED) is 0.833. The Hall–Kier alpha value is -2.11. The molecule has 2 N–H and O–H groups in total. The molecule has 2 aromatic rings. The Bertz CT molecular complexity index is 761. The predicted molar refractivity (Wildman–Crippen MR) is 105 cm³/mol. The minimum absolute atomic E-state index is 0.126. The zero-order valence-electron chi connectivity index (χ0n) is 16.4. The van der Waals surface area contributed by atoms with Crippen molar-refractivity contribution >= 4 is 0 Å². The van der Waals surface area contributed by atoms with Crippen LogP contribution in [0.4, 0.5) is 4.39 Å². The minimum atomic E-state index is -0.248. The molecule has 0 aromatic heterocycles. The fourth-order valence-electron chi connectivity index (χ4n) is 3.55. The van der Waals surface area contributed by atoms with Gasteiger partial charge in [-0.05, 0) is 47.2 Å². The van der Waals surface area contributed by atoms with Crippen LogP contribution in [0.5, 0.6) is 11.5 Å². The van der Waals surface area contributed by atoms with Crippen LogP contribution in [0.1, 0.15) is 31.4 Å². The van der Waals surface area contributed by atoms with Crippen LogP contribution in [0.2, 0.25) is 0 Å². The van der Waals surface area contributed by atoms with Crippen LogP contribution in [0.25, 0.3) is 0 Å². The van der Waals surface area contributed by atoms with Crippen molar-refractivity contribution < 1.29 is 13.9 Å². The number of piperidine rings is 1. The highest BCUT2D eigenvalue weighted by Gasteiger charge is 2.33. The summed E-state index contributed by atoms with van der Waals surface area (Å²) < 4.78 is 24.4. The molecule has 1 fully saturated rings. The van der Waals surface area contributed by atoms with E-state index in [1.807, 2.05) is 12.1 Å². The third-order valence-electron chi connectivity index (χ3n) is 5.33. The lowest BCUT2D eigenvalue weighted by atomic mass is 9.79. The van der Waals surface area contributed by atoms with E-state index in [1.54, 1.807) is 19.2 Å². The van der Waals surface area contributed by atoms with Crippen molar-refractivity contribution in [2.75, 3.05) is 20.2 Å². The van der Waals surface area contributed by atoms with Crippen LogP contribution in [0.15, 0.2) is 42.5 Å². The SMILES string of the molecule is COc1cc(CN2CCC(N)C(C)(C)C2)ccc1OCc1ccc(F)cc1. The smallest absolute Gasteiger partial charge is 0.161 e. The molecule has 27 heavy (non-hydrogen) atoms. The van der Waals surface area contributed by atoms with Gasteiger partial charge < -0.3 is 15.2 Å². The molecule has 4 nitrogen and oxygen atoms in total. The summed E-state index contributed by atoms with van der Waals surface area (Å²) in [6.45, 7) is 7.70. The van der Waals surface area contributed by atoms with Crippen LogP contribution in [-0.2, 0) is 13.2 Å². The molecule has 0 spiro atoms. The van der Waals surface area contributed by atoms with Gasteiger partial charge in [-0.3, -0.25) is 4.90 Å². The van der Waals surface area contributed by atoms with E-state index in [9.17, 15) is 4.39 Å². The normalized spacial score (nSPS) is 19.7. The van der Waals surface area contributed by atoms with Gasteiger partial charge in [-0.15, -0.1) is 0 Å². The molecule has 1 saturated heterocycles. The molecule has 5 heteroatoms. The van der Waals surface area contributed by atoms with Gasteiger partial charge in [0.2, 0.25) is 0 Å². The maximum atomic E-state index is 13.0. The summed E-state index contributed by atoms with van der Waals surface area (Å²) in [4.78, 5) is 2.44. The Labute approximate surface area is 161 Å². The molecule has 1 atom stereocenters. The van der Waals surface area contributed by atoms with Gasteiger partial charge in [0.05, 0.1) is 7.11 Å². The monoisotopic (exact) mass is 372 g/mol. The molecule has 0 saturated carbocycles. The van der Waals surface area contributed by atoms with Gasteiger partial charge in [0.25, 0.3) is 0 Å². The largest absolute Gasteiger partial charge is 0.493 e. The van der Waals surface area contributed by atoms with E-state index in [-0.39, 0.29) is 17.3 Å². The first-order valence-corrected chi connectivity index (χ1v) is 9.39. The van der Waals surface area contributed by atoms with Crippen molar-refractivity contribution in [3.05, 3.63) is 59.4 Å². The van der Waals surface area contributed by atoms with Crippen molar-refractivity contribution in [2.24, 2.45) is 11.1 Å². The number of hydrogen-bond donors (Lipinski definition) is 1. The van der Waals surface area contributed by atoms with Crippen molar-refractivity contribution in [3.63, 3.8) is 0 Å². The number of nitrogens with zero attached hydrogens (tertiary/aromatic N) is 1. The lowest BCUT2D eigenvalue weighted by Crippen LogP contribution is -2.52. The van der Waals surface area contributed by atoms with Gasteiger partial charge in [0, 0.05) is 25.7 Å². The number of methoxy groups -OCH3 is 1. The van der Waals surface area contributed by atoms with E-state index in [2.05, 4.69) is 24.8 Å². The zero-order chi connectivity index (χ0) is 19.4. The average molecular weight is 372 g/mol. The highest BCUT2D eigenvalue weighted by molar-refractivity contribution is 5.43. The third-order valence-corrected chi connectivity index (χ3v) is 5.33. The second kappa shape index (κ2) is 8.28. The first-order valence-electron chi connectivity index (χ1n) is 9.39. The van der Waals surface area contributed by atoms with Gasteiger partial charge >= 0.3 is 0 Å². The molecule has 0 radical (unpaired) electrons. The third kappa shape index (κ3) is 4.99. The molecule has 0 aliphatic carbocycles. The number of hydrogen-bond acceptors (Lipinski definition) is 4. The van der Waals surface area contributed by atoms with Crippen LogP contribution in [0, 0.1) is 11.2 Å². The van der Waals surface area contributed by atoms with Crippen molar-refractivity contribution in [2.45, 2.75) is 39.5 Å². The lowest BCUT2D eigenvalue weighted by molar-refractivity contribution is 0.0898. The maximum absolute atomic E-state index is 13.0. The Morgan fingerprint density at radius 2 is 1.81 bits per heavy atom. The Morgan fingerprint density at radius 1 is 1.11 bits per heavy atom. The number of nitrogens with two attached hydrogens (primary N) is 1. The Morgan fingerprint density at radius 3 is 2.48 bits per heavy atom. The van der Waals surface area contributed by atoms with E-state index in [0.29, 0.717) is 18.1 Å². The predicted octanol–water partition coefficient (Wildman–Crippen LogP) is 3.97. The molecule has 0 amide bonds. The van der Waals surface area contributed by atoms with Crippen LogP contribution in [0.3, 0.4) is 0 Å². The molecule has 1 heterocycles. The van der Waals surface area contributed by atoms with E-state index in [1.165, 1.54) is 17.7 Å². The summed E-state index contributed by atoms with van der Waals surface area (Å²) in [7, 11) is 1.65. The van der Waals surface area contributed by atoms with Crippen LogP contribution in [-0.4, -0.2) is 31.1 Å². The highest BCUT2D eigenvalue weighted by Crippen LogP contribution is 2.32. The zero-order valence-corrected chi connectivity index (χ0v) is 16.4. The maximum Gasteiger partial charge on any atom is 0.161 e. The summed E-state index contributed by atoms with van der Waals surface area (Å²) >= 11 is 0. The fraction of sp³-hybridized carbons (Fsp3) is 0.455. The number of rotatable bonds is 6. The molecular formula is C22H29FN2O2. The first-order chi connectivity index (χ1) is 12.9. The molecule has 1 aliphatic rings. The van der Waals surface area contributed by atoms with Crippen molar-refractivity contribution in [1.82, 2.24) is 4.90 Å². The Kier molecular flexibility index (Phi) is 6.02. The minimum Gasteiger partial charge on any atom is -0.493 e. The highest BCUT2D eigenvalue weighted by atomic mass is 19.1. The fourth-order valence-corrected chi connectivity index (χ4v) is 3.55. The van der Waals surface area contributed by atoms with Gasteiger partial charge in [0.15, 0.2) is 11.5 Å². The van der Waals surface area contributed by atoms with Crippen molar-refractivity contribution in [3.8, 4) is 11.5 Å². The molecule has 3 rings (SSSR count). The summed E-state index contributed by atoms with van der Waals surface area (Å²) in [6, 6.07) is 12.6. The molecule has 146 valence electrons. The van der Waals surface area contributed by atoms with Gasteiger partial charge in [-0.25, -0.2) is 4.39 Å². The summed E-state index contributed by atoms with van der Waals surface area (Å²) in [5.41, 5.74) is 8.46. The van der Waals surface area contributed by atoms with Gasteiger partial charge in [0.1, 0.15) is 12.4 Å². The average Bonchev–Trinajstić information content (AvgIpc) is 2.64. The standard InChI is InChI=1S/C22H29FN2O2/c1-22(2)15-25(11-10-21(22)24)13-17-6-9-19(20(12-17)26-3)27-14-16-4-7-18(23)8-5-16/h4-9,12,21H,10-11,13-15,24H2,1-3H3. The number of likely N-dealkylation sites (tertiary alicyclic amines) is 1. The summed E-state index contributed by atoms with van der Waals surface area (Å²) in [5.74, 6) is 1.15. The van der Waals surface area contributed by atoms with E-state index in [0.717, 1.165) is 31.6 Å². The summed E-state index contributed by atoms with van der Waals surface area (Å²) in [5, 5.41) is 0. The molecule has 1 unspecified atom stereocenters. The lowest BCUT2D eigenvalue weighted by Gasteiger charge is -2.42. The molecule has 1 aliphatic heterocycles. The van der Waals surface area contributed by atoms with E-state index < -0.39 is 0 Å². The summed E-state index contributed by atoms with van der Waals surface area (Å²) in [6.07, 6.45) is 1.02. The number of halogens is 1. The van der Waals surface area contributed by atoms with Gasteiger partial charge in [-0.2, -0.15) is 0 Å². The van der Waals surface area contributed by atoms with Crippen molar-refractivity contribution in [1.29, 1.82) is 0 Å². The van der Waals surface area contributed by atoms with E-state index >= 15 is 0 Å². The van der Waals surface area contributed by atoms with Gasteiger partial charge in [-0.1, -0.05) is 32.0 Å². The molecule has 0 bridgehead atoms. The van der Waals surface area contributed by atoms with Crippen LogP contribution < -0.4 is 15.2 Å². The molecule has 2 aromatic carbocycles. The first kappa shape index (κ1) is 19.6. The second-order valence-corrected chi connectivity index (χ2v) is 7.99. The molecular weight excluding hydrogens is 343 g/mol. The topological polar surface area (TPSA) is 47.7 Å². The number of ether oxygens (including phenoxy) is 2. The second-order valence-electron chi connectivity index (χ2n) is 7.99. The Balaban J connectivity index is 1.64. The van der Waals surface area contributed by atoms with E-state index in [4.69, 9.17) is 15.2 Å². The van der Waals surface area contributed by atoms with Crippen LogP contribution >= 0.6 is 0 Å².